The van der Waals surface area contributed by atoms with Crippen LogP contribution in [0.15, 0.2) is 24.3 Å². The second-order valence-electron chi connectivity index (χ2n) is 6.45. The van der Waals surface area contributed by atoms with Crippen LogP contribution in [0.4, 0.5) is 4.39 Å². The van der Waals surface area contributed by atoms with Crippen LogP contribution in [0.5, 0.6) is 0 Å². The lowest BCUT2D eigenvalue weighted by atomic mass is 9.94. The van der Waals surface area contributed by atoms with Gasteiger partial charge in [-0.25, -0.2) is 4.39 Å². The third-order valence-electron chi connectivity index (χ3n) is 4.56. The van der Waals surface area contributed by atoms with Crippen molar-refractivity contribution in [3.05, 3.63) is 35.6 Å². The van der Waals surface area contributed by atoms with E-state index < -0.39 is 0 Å². The van der Waals surface area contributed by atoms with Crippen LogP contribution in [-0.4, -0.2) is 48.6 Å². The van der Waals surface area contributed by atoms with Gasteiger partial charge in [0.1, 0.15) is 5.82 Å². The molecule has 118 valence electrons. The molecule has 1 heterocycles. The molecule has 2 unspecified atom stereocenters. The molecule has 1 aromatic carbocycles. The van der Waals surface area contributed by atoms with Crippen molar-refractivity contribution < 1.29 is 4.39 Å². The Morgan fingerprint density at radius 3 is 2.29 bits per heavy atom. The van der Waals surface area contributed by atoms with Crippen molar-refractivity contribution in [2.45, 2.75) is 32.9 Å². The molecule has 1 aliphatic heterocycles. The lowest BCUT2D eigenvalue weighted by molar-refractivity contribution is 0.0952. The van der Waals surface area contributed by atoms with Gasteiger partial charge in [0.15, 0.2) is 0 Å². The highest BCUT2D eigenvalue weighted by Gasteiger charge is 2.24. The summed E-state index contributed by atoms with van der Waals surface area (Å²) in [5.74, 6) is 0.0500. The summed E-state index contributed by atoms with van der Waals surface area (Å²) in [6, 6.07) is 7.23. The van der Waals surface area contributed by atoms with Crippen LogP contribution in [0, 0.1) is 11.7 Å². The Hall–Kier alpha value is -0.970. The first-order chi connectivity index (χ1) is 9.99. The van der Waals surface area contributed by atoms with Crippen molar-refractivity contribution in [2.24, 2.45) is 11.7 Å². The molecule has 0 amide bonds. The van der Waals surface area contributed by atoms with Crippen LogP contribution in [0.2, 0.25) is 0 Å². The zero-order valence-electron chi connectivity index (χ0n) is 13.4. The summed E-state index contributed by atoms with van der Waals surface area (Å²) in [5.41, 5.74) is 6.89. The Labute approximate surface area is 127 Å². The van der Waals surface area contributed by atoms with Crippen LogP contribution >= 0.6 is 0 Å². The quantitative estimate of drug-likeness (QED) is 0.905. The summed E-state index contributed by atoms with van der Waals surface area (Å²) in [5, 5.41) is 0. The van der Waals surface area contributed by atoms with E-state index >= 15 is 0 Å². The second kappa shape index (κ2) is 7.34. The summed E-state index contributed by atoms with van der Waals surface area (Å²) < 4.78 is 13.8. The van der Waals surface area contributed by atoms with E-state index in [0.717, 1.165) is 32.7 Å². The molecule has 2 atom stereocenters. The molecule has 0 spiro atoms. The number of nitrogens with two attached hydrogens (primary N) is 1. The standard InChI is InChI=1S/C17H28FN3/c1-13(2)21-10-8-20(9-11-21)12-14(3)17(19)15-6-4-5-7-16(15)18/h4-7,13-14,17H,8-12,19H2,1-3H3. The SMILES string of the molecule is CC(CN1CCN(C(C)C)CC1)C(N)c1ccccc1F. The molecule has 1 fully saturated rings. The maximum atomic E-state index is 13.8. The Bertz CT molecular complexity index is 441. The fraction of sp³-hybridized carbons (Fsp3) is 0.647. The van der Waals surface area contributed by atoms with Crippen LogP contribution in [0.25, 0.3) is 0 Å². The van der Waals surface area contributed by atoms with E-state index in [-0.39, 0.29) is 17.8 Å². The molecule has 0 aromatic heterocycles. The molecule has 0 aliphatic carbocycles. The number of nitrogens with zero attached hydrogens (tertiary/aromatic N) is 2. The van der Waals surface area contributed by atoms with E-state index in [9.17, 15) is 4.39 Å². The van der Waals surface area contributed by atoms with Gasteiger partial charge >= 0.3 is 0 Å². The van der Waals surface area contributed by atoms with Gasteiger partial charge in [-0.05, 0) is 25.8 Å². The van der Waals surface area contributed by atoms with E-state index in [1.807, 2.05) is 6.07 Å². The first kappa shape index (κ1) is 16.4. The topological polar surface area (TPSA) is 32.5 Å². The van der Waals surface area contributed by atoms with E-state index in [4.69, 9.17) is 5.73 Å². The Morgan fingerprint density at radius 2 is 1.71 bits per heavy atom. The largest absolute Gasteiger partial charge is 0.324 e. The number of hydrogen-bond donors (Lipinski definition) is 1. The second-order valence-corrected chi connectivity index (χ2v) is 6.45. The van der Waals surface area contributed by atoms with Crippen LogP contribution in [-0.2, 0) is 0 Å². The minimum atomic E-state index is -0.241. The van der Waals surface area contributed by atoms with Crippen LogP contribution < -0.4 is 5.73 Å². The third-order valence-corrected chi connectivity index (χ3v) is 4.56. The predicted octanol–water partition coefficient (Wildman–Crippen LogP) is 2.49. The summed E-state index contributed by atoms with van der Waals surface area (Å²) in [4.78, 5) is 4.95. The van der Waals surface area contributed by atoms with Gasteiger partial charge in [-0.2, -0.15) is 0 Å². The molecule has 2 N–H and O–H groups in total. The maximum absolute atomic E-state index is 13.8. The zero-order valence-corrected chi connectivity index (χ0v) is 13.4. The third kappa shape index (κ3) is 4.25. The van der Waals surface area contributed by atoms with Gasteiger partial charge in [-0.1, -0.05) is 25.1 Å². The van der Waals surface area contributed by atoms with E-state index in [2.05, 4.69) is 30.6 Å². The number of benzene rings is 1. The monoisotopic (exact) mass is 293 g/mol. The van der Waals surface area contributed by atoms with E-state index in [1.54, 1.807) is 12.1 Å². The first-order valence-corrected chi connectivity index (χ1v) is 7.95. The Morgan fingerprint density at radius 1 is 1.10 bits per heavy atom. The lowest BCUT2D eigenvalue weighted by Gasteiger charge is -2.38. The minimum Gasteiger partial charge on any atom is -0.324 e. The highest BCUT2D eigenvalue weighted by Crippen LogP contribution is 2.23. The van der Waals surface area contributed by atoms with Gasteiger partial charge < -0.3 is 10.6 Å². The molecule has 1 saturated heterocycles. The minimum absolute atomic E-state index is 0.193. The fourth-order valence-electron chi connectivity index (χ4n) is 3.04. The average Bonchev–Trinajstić information content (AvgIpc) is 2.47. The molecular weight excluding hydrogens is 265 g/mol. The molecule has 0 bridgehead atoms. The molecule has 0 saturated carbocycles. The molecule has 2 rings (SSSR count). The summed E-state index contributed by atoms with van der Waals surface area (Å²) in [7, 11) is 0. The molecule has 1 aliphatic rings. The first-order valence-electron chi connectivity index (χ1n) is 7.95. The van der Waals surface area contributed by atoms with Crippen molar-refractivity contribution >= 4 is 0 Å². The van der Waals surface area contributed by atoms with Crippen LogP contribution in [0.3, 0.4) is 0 Å². The van der Waals surface area contributed by atoms with Crippen molar-refractivity contribution in [3.8, 4) is 0 Å². The van der Waals surface area contributed by atoms with Gasteiger partial charge in [0.2, 0.25) is 0 Å². The van der Waals surface area contributed by atoms with Gasteiger partial charge in [0.05, 0.1) is 0 Å². The molecule has 0 radical (unpaired) electrons. The van der Waals surface area contributed by atoms with Crippen molar-refractivity contribution in [1.29, 1.82) is 0 Å². The number of hydrogen-bond acceptors (Lipinski definition) is 3. The van der Waals surface area contributed by atoms with Crippen molar-refractivity contribution in [2.75, 3.05) is 32.7 Å². The maximum Gasteiger partial charge on any atom is 0.127 e. The zero-order chi connectivity index (χ0) is 15.4. The van der Waals surface area contributed by atoms with Gasteiger partial charge in [-0.3, -0.25) is 4.90 Å². The number of rotatable bonds is 5. The van der Waals surface area contributed by atoms with Gasteiger partial charge in [0.25, 0.3) is 0 Å². The Balaban J connectivity index is 1.87. The molecule has 21 heavy (non-hydrogen) atoms. The van der Waals surface area contributed by atoms with Crippen molar-refractivity contribution in [1.82, 2.24) is 9.80 Å². The average molecular weight is 293 g/mol. The normalized spacial score (nSPS) is 20.7. The van der Waals surface area contributed by atoms with Crippen molar-refractivity contribution in [3.63, 3.8) is 0 Å². The summed E-state index contributed by atoms with van der Waals surface area (Å²) in [6.07, 6.45) is 0. The highest BCUT2D eigenvalue weighted by atomic mass is 19.1. The molecule has 1 aromatic rings. The van der Waals surface area contributed by atoms with E-state index in [0.29, 0.717) is 11.6 Å². The van der Waals surface area contributed by atoms with E-state index in [1.165, 1.54) is 6.07 Å². The number of halogens is 1. The smallest absolute Gasteiger partial charge is 0.127 e. The predicted molar refractivity (Wildman–Crippen MR) is 85.6 cm³/mol. The molecular formula is C17H28FN3. The number of piperazine rings is 1. The summed E-state index contributed by atoms with van der Waals surface area (Å²) >= 11 is 0. The fourth-order valence-corrected chi connectivity index (χ4v) is 3.04. The van der Waals surface area contributed by atoms with Gasteiger partial charge in [-0.15, -0.1) is 0 Å². The lowest BCUT2D eigenvalue weighted by Crippen LogP contribution is -2.50. The summed E-state index contributed by atoms with van der Waals surface area (Å²) in [6.45, 7) is 11.9. The van der Waals surface area contributed by atoms with Gasteiger partial charge in [0, 0.05) is 50.4 Å². The van der Waals surface area contributed by atoms with Crippen LogP contribution in [0.1, 0.15) is 32.4 Å². The molecule has 3 nitrogen and oxygen atoms in total. The Kier molecular flexibility index (Phi) is 5.73. The highest BCUT2D eigenvalue weighted by molar-refractivity contribution is 5.21. The molecule has 4 heteroatoms.